The summed E-state index contributed by atoms with van der Waals surface area (Å²) in [5.74, 6) is 1.60. The van der Waals surface area contributed by atoms with Gasteiger partial charge in [-0.2, -0.15) is 4.98 Å². The van der Waals surface area contributed by atoms with Crippen LogP contribution < -0.4 is 4.74 Å². The molecule has 1 fully saturated rings. The molecule has 21 heavy (non-hydrogen) atoms. The van der Waals surface area contributed by atoms with Crippen LogP contribution in [-0.2, 0) is 6.54 Å². The Morgan fingerprint density at radius 1 is 1.48 bits per heavy atom. The van der Waals surface area contributed by atoms with Crippen molar-refractivity contribution in [1.82, 2.24) is 15.0 Å². The Bertz CT molecular complexity index is 629. The third-order valence-corrected chi connectivity index (χ3v) is 3.79. The van der Waals surface area contributed by atoms with Crippen molar-refractivity contribution >= 4 is 0 Å². The summed E-state index contributed by atoms with van der Waals surface area (Å²) in [7, 11) is 1.47. The van der Waals surface area contributed by atoms with Crippen molar-refractivity contribution in [2.45, 2.75) is 25.8 Å². The summed E-state index contributed by atoms with van der Waals surface area (Å²) in [6, 6.07) is 5.09. The molecule has 5 nitrogen and oxygen atoms in total. The van der Waals surface area contributed by atoms with Crippen molar-refractivity contribution in [1.29, 1.82) is 0 Å². The molecule has 0 unspecified atom stereocenters. The van der Waals surface area contributed by atoms with Gasteiger partial charge in [0.15, 0.2) is 17.4 Å². The van der Waals surface area contributed by atoms with Gasteiger partial charge in [0.25, 0.3) is 0 Å². The van der Waals surface area contributed by atoms with Crippen molar-refractivity contribution in [3.05, 3.63) is 41.3 Å². The van der Waals surface area contributed by atoms with Crippen LogP contribution in [0.15, 0.2) is 22.7 Å². The van der Waals surface area contributed by atoms with Crippen molar-refractivity contribution < 1.29 is 13.7 Å². The zero-order chi connectivity index (χ0) is 14.8. The standard InChI is InChI=1S/C15H18FN3O2/c1-10-17-15(21-18-10)12-5-6-19(9-12)8-11-3-4-14(20-2)13(16)7-11/h3-4,7,12H,5-6,8-9H2,1-2H3/t12-/m1/s1. The number of aromatic nitrogens is 2. The monoisotopic (exact) mass is 291 g/mol. The molecule has 1 aliphatic heterocycles. The van der Waals surface area contributed by atoms with E-state index in [0.717, 1.165) is 25.1 Å². The molecule has 3 rings (SSSR count). The fourth-order valence-corrected chi connectivity index (χ4v) is 2.72. The first kappa shape index (κ1) is 14.0. The fourth-order valence-electron chi connectivity index (χ4n) is 2.72. The Hall–Kier alpha value is -1.95. The van der Waals surface area contributed by atoms with Crippen molar-refractivity contribution in [2.75, 3.05) is 20.2 Å². The smallest absolute Gasteiger partial charge is 0.231 e. The molecule has 0 N–H and O–H groups in total. The van der Waals surface area contributed by atoms with E-state index in [1.807, 2.05) is 13.0 Å². The lowest BCUT2D eigenvalue weighted by Gasteiger charge is -2.15. The van der Waals surface area contributed by atoms with Gasteiger partial charge >= 0.3 is 0 Å². The topological polar surface area (TPSA) is 51.4 Å². The predicted molar refractivity (Wildman–Crippen MR) is 74.6 cm³/mol. The molecule has 0 bridgehead atoms. The van der Waals surface area contributed by atoms with E-state index in [2.05, 4.69) is 15.0 Å². The van der Waals surface area contributed by atoms with Gasteiger partial charge < -0.3 is 9.26 Å². The highest BCUT2D eigenvalue weighted by molar-refractivity contribution is 5.29. The van der Waals surface area contributed by atoms with E-state index in [0.29, 0.717) is 18.3 Å². The first-order chi connectivity index (χ1) is 10.2. The summed E-state index contributed by atoms with van der Waals surface area (Å²) < 4.78 is 23.9. The molecule has 0 spiro atoms. The molecule has 6 heteroatoms. The molecule has 1 aromatic heterocycles. The number of nitrogens with zero attached hydrogens (tertiary/aromatic N) is 3. The first-order valence-electron chi connectivity index (χ1n) is 7.00. The predicted octanol–water partition coefficient (Wildman–Crippen LogP) is 2.52. The summed E-state index contributed by atoms with van der Waals surface area (Å²) in [5, 5.41) is 3.83. The van der Waals surface area contributed by atoms with E-state index in [4.69, 9.17) is 9.26 Å². The maximum atomic E-state index is 13.7. The Kier molecular flexibility index (Phi) is 3.88. The van der Waals surface area contributed by atoms with Crippen LogP contribution in [0.1, 0.15) is 29.6 Å². The van der Waals surface area contributed by atoms with Gasteiger partial charge in [-0.15, -0.1) is 0 Å². The van der Waals surface area contributed by atoms with Gasteiger partial charge in [0, 0.05) is 13.1 Å². The molecule has 0 aliphatic carbocycles. The van der Waals surface area contributed by atoms with E-state index in [-0.39, 0.29) is 17.5 Å². The number of rotatable bonds is 4. The van der Waals surface area contributed by atoms with Crippen LogP contribution in [0.3, 0.4) is 0 Å². The minimum absolute atomic E-state index is 0.272. The van der Waals surface area contributed by atoms with Crippen molar-refractivity contribution in [3.63, 3.8) is 0 Å². The van der Waals surface area contributed by atoms with Gasteiger partial charge in [0.2, 0.25) is 5.89 Å². The normalized spacial score (nSPS) is 19.1. The Balaban J connectivity index is 1.63. The van der Waals surface area contributed by atoms with E-state index < -0.39 is 0 Å². The fraction of sp³-hybridized carbons (Fsp3) is 0.467. The maximum Gasteiger partial charge on any atom is 0.231 e. The van der Waals surface area contributed by atoms with Crippen molar-refractivity contribution in [3.8, 4) is 5.75 Å². The van der Waals surface area contributed by atoms with Crippen LogP contribution in [0.5, 0.6) is 5.75 Å². The second kappa shape index (κ2) is 5.81. The number of methoxy groups -OCH3 is 1. The number of halogens is 1. The minimum atomic E-state index is -0.321. The van der Waals surface area contributed by atoms with E-state index in [1.165, 1.54) is 13.2 Å². The highest BCUT2D eigenvalue weighted by atomic mass is 19.1. The second-order valence-electron chi connectivity index (χ2n) is 5.37. The van der Waals surface area contributed by atoms with Crippen LogP contribution in [0.25, 0.3) is 0 Å². The van der Waals surface area contributed by atoms with Crippen molar-refractivity contribution in [2.24, 2.45) is 0 Å². The van der Waals surface area contributed by atoms with Gasteiger partial charge in [0.1, 0.15) is 0 Å². The first-order valence-corrected chi connectivity index (χ1v) is 7.00. The molecule has 0 saturated carbocycles. The zero-order valence-corrected chi connectivity index (χ0v) is 12.2. The quantitative estimate of drug-likeness (QED) is 0.866. The molecule has 1 saturated heterocycles. The van der Waals surface area contributed by atoms with Crippen LogP contribution in [-0.4, -0.2) is 35.2 Å². The maximum absolute atomic E-state index is 13.7. The highest BCUT2D eigenvalue weighted by Gasteiger charge is 2.28. The van der Waals surface area contributed by atoms with Crippen LogP contribution in [0.2, 0.25) is 0 Å². The van der Waals surface area contributed by atoms with Gasteiger partial charge in [-0.25, -0.2) is 4.39 Å². The highest BCUT2D eigenvalue weighted by Crippen LogP contribution is 2.27. The summed E-state index contributed by atoms with van der Waals surface area (Å²) in [6.07, 6.45) is 0.986. The van der Waals surface area contributed by atoms with Gasteiger partial charge in [-0.3, -0.25) is 4.90 Å². The van der Waals surface area contributed by atoms with E-state index >= 15 is 0 Å². The largest absolute Gasteiger partial charge is 0.494 e. The Morgan fingerprint density at radius 3 is 3.00 bits per heavy atom. The van der Waals surface area contributed by atoms with Gasteiger partial charge in [-0.1, -0.05) is 11.2 Å². The summed E-state index contributed by atoms with van der Waals surface area (Å²) >= 11 is 0. The number of benzene rings is 1. The second-order valence-corrected chi connectivity index (χ2v) is 5.37. The summed E-state index contributed by atoms with van der Waals surface area (Å²) in [5.41, 5.74) is 0.940. The number of hydrogen-bond acceptors (Lipinski definition) is 5. The third kappa shape index (κ3) is 3.05. The zero-order valence-electron chi connectivity index (χ0n) is 12.2. The van der Waals surface area contributed by atoms with Crippen LogP contribution in [0.4, 0.5) is 4.39 Å². The van der Waals surface area contributed by atoms with Gasteiger partial charge in [-0.05, 0) is 37.6 Å². The third-order valence-electron chi connectivity index (χ3n) is 3.79. The lowest BCUT2D eigenvalue weighted by molar-refractivity contribution is 0.308. The van der Waals surface area contributed by atoms with Crippen LogP contribution >= 0.6 is 0 Å². The summed E-state index contributed by atoms with van der Waals surface area (Å²) in [6.45, 7) is 4.33. The molecule has 0 amide bonds. The van der Waals surface area contributed by atoms with Crippen LogP contribution in [0, 0.1) is 12.7 Å². The summed E-state index contributed by atoms with van der Waals surface area (Å²) in [4.78, 5) is 6.56. The number of aryl methyl sites for hydroxylation is 1. The lowest BCUT2D eigenvalue weighted by atomic mass is 10.1. The lowest BCUT2D eigenvalue weighted by Crippen LogP contribution is -2.19. The van der Waals surface area contributed by atoms with E-state index in [9.17, 15) is 4.39 Å². The number of likely N-dealkylation sites (tertiary alicyclic amines) is 1. The molecular weight excluding hydrogens is 273 g/mol. The molecule has 1 aromatic carbocycles. The molecular formula is C15H18FN3O2. The molecule has 2 heterocycles. The molecule has 1 atom stereocenters. The average molecular weight is 291 g/mol. The van der Waals surface area contributed by atoms with Gasteiger partial charge in [0.05, 0.1) is 13.0 Å². The SMILES string of the molecule is COc1ccc(CN2CC[C@@H](c3nc(C)no3)C2)cc1F. The number of hydrogen-bond donors (Lipinski definition) is 0. The average Bonchev–Trinajstić information content (AvgIpc) is 3.08. The minimum Gasteiger partial charge on any atom is -0.494 e. The molecule has 0 radical (unpaired) electrons. The Labute approximate surface area is 122 Å². The van der Waals surface area contributed by atoms with E-state index in [1.54, 1.807) is 6.07 Å². The number of ether oxygens (including phenoxy) is 1. The molecule has 112 valence electrons. The molecule has 1 aliphatic rings. The Morgan fingerprint density at radius 2 is 2.33 bits per heavy atom. The molecule has 2 aromatic rings.